The van der Waals surface area contributed by atoms with Crippen molar-refractivity contribution in [2.24, 2.45) is 0 Å². The van der Waals surface area contributed by atoms with E-state index in [0.717, 1.165) is 22.9 Å². The lowest BCUT2D eigenvalue weighted by Gasteiger charge is -2.18. The Morgan fingerprint density at radius 1 is 1.20 bits per heavy atom. The number of carbonyl (C=O) groups is 1. The molecule has 0 aliphatic rings. The van der Waals surface area contributed by atoms with Crippen LogP contribution in [-0.2, 0) is 4.79 Å². The Morgan fingerprint density at radius 3 is 2.60 bits per heavy atom. The van der Waals surface area contributed by atoms with Gasteiger partial charge in [0.25, 0.3) is 0 Å². The molecule has 20 heavy (non-hydrogen) atoms. The highest BCUT2D eigenvalue weighted by molar-refractivity contribution is 5.90. The number of carboxylic acid groups (broad SMARTS) is 1. The molecule has 0 aromatic heterocycles. The topological polar surface area (TPSA) is 52.6 Å². The third-order valence-corrected chi connectivity index (χ3v) is 3.29. The van der Waals surface area contributed by atoms with Gasteiger partial charge >= 0.3 is 5.97 Å². The van der Waals surface area contributed by atoms with Crippen LogP contribution in [0.3, 0.4) is 0 Å². The Bertz CT molecular complexity index is 591. The summed E-state index contributed by atoms with van der Waals surface area (Å²) in [4.78, 5) is 13.6. The molecule has 0 saturated heterocycles. The van der Waals surface area contributed by atoms with Crippen molar-refractivity contribution in [2.75, 3.05) is 27.2 Å². The van der Waals surface area contributed by atoms with Crippen LogP contribution in [0.2, 0.25) is 0 Å². The predicted octanol–water partition coefficient (Wildman–Crippen LogP) is 2.12. The van der Waals surface area contributed by atoms with Gasteiger partial charge in [0.05, 0.1) is 0 Å². The van der Waals surface area contributed by atoms with E-state index in [2.05, 4.69) is 5.32 Å². The highest BCUT2D eigenvalue weighted by atomic mass is 16.4. The highest BCUT2D eigenvalue weighted by Gasteiger charge is 2.20. The summed E-state index contributed by atoms with van der Waals surface area (Å²) >= 11 is 0. The average molecular weight is 272 g/mol. The smallest absolute Gasteiger partial charge is 0.325 e. The Kier molecular flexibility index (Phi) is 4.71. The van der Waals surface area contributed by atoms with Gasteiger partial charge in [0.15, 0.2) is 0 Å². The first kappa shape index (κ1) is 14.5. The lowest BCUT2D eigenvalue weighted by Crippen LogP contribution is -2.34. The molecule has 4 nitrogen and oxygen atoms in total. The molecule has 2 N–H and O–H groups in total. The quantitative estimate of drug-likeness (QED) is 0.845. The molecule has 0 bridgehead atoms. The second-order valence-electron chi connectivity index (χ2n) is 5.10. The summed E-state index contributed by atoms with van der Waals surface area (Å²) in [5.41, 5.74) is 0.814. The van der Waals surface area contributed by atoms with Gasteiger partial charge in [-0.25, -0.2) is 0 Å². The van der Waals surface area contributed by atoms with Crippen LogP contribution < -0.4 is 5.32 Å². The zero-order valence-corrected chi connectivity index (χ0v) is 11.8. The van der Waals surface area contributed by atoms with Crippen molar-refractivity contribution in [3.05, 3.63) is 48.0 Å². The molecule has 0 spiro atoms. The van der Waals surface area contributed by atoms with Gasteiger partial charge in [-0.15, -0.1) is 0 Å². The molecule has 0 amide bonds. The van der Waals surface area contributed by atoms with Crippen LogP contribution in [0.5, 0.6) is 0 Å². The zero-order chi connectivity index (χ0) is 14.5. The Labute approximate surface area is 119 Å². The van der Waals surface area contributed by atoms with Crippen molar-refractivity contribution in [3.8, 4) is 0 Å². The second-order valence-corrected chi connectivity index (χ2v) is 5.10. The molecule has 1 atom stereocenters. The van der Waals surface area contributed by atoms with E-state index in [9.17, 15) is 9.90 Å². The summed E-state index contributed by atoms with van der Waals surface area (Å²) in [6, 6.07) is 13.0. The van der Waals surface area contributed by atoms with Gasteiger partial charge in [-0.05, 0) is 30.4 Å². The molecule has 2 rings (SSSR count). The molecule has 0 aliphatic heterocycles. The van der Waals surface area contributed by atoms with Crippen LogP contribution in [0, 0.1) is 0 Å². The van der Waals surface area contributed by atoms with E-state index in [1.54, 1.807) is 0 Å². The molecule has 0 aliphatic carbocycles. The van der Waals surface area contributed by atoms with Gasteiger partial charge in [0.1, 0.15) is 6.04 Å². The minimum Gasteiger partial charge on any atom is -0.480 e. The van der Waals surface area contributed by atoms with Crippen LogP contribution >= 0.6 is 0 Å². The van der Waals surface area contributed by atoms with E-state index < -0.39 is 12.0 Å². The molecule has 4 heteroatoms. The number of nitrogens with one attached hydrogen (secondary N) is 1. The number of likely N-dealkylation sites (N-methyl/N-ethyl adjacent to an activating group) is 1. The van der Waals surface area contributed by atoms with Crippen LogP contribution in [-0.4, -0.2) is 43.2 Å². The fourth-order valence-electron chi connectivity index (χ4n) is 2.26. The minimum absolute atomic E-state index is 0.632. The minimum atomic E-state index is -0.847. The summed E-state index contributed by atoms with van der Waals surface area (Å²) in [5, 5.41) is 14.6. The molecule has 0 fully saturated rings. The predicted molar refractivity (Wildman–Crippen MR) is 80.9 cm³/mol. The fourth-order valence-corrected chi connectivity index (χ4v) is 2.26. The fraction of sp³-hybridized carbons (Fsp3) is 0.312. The van der Waals surface area contributed by atoms with Crippen LogP contribution in [0.25, 0.3) is 10.8 Å². The zero-order valence-electron chi connectivity index (χ0n) is 11.8. The number of nitrogens with zero attached hydrogens (tertiary/aromatic N) is 1. The molecule has 0 radical (unpaired) electrons. The maximum absolute atomic E-state index is 11.5. The Hall–Kier alpha value is -1.91. The van der Waals surface area contributed by atoms with E-state index in [1.165, 1.54) is 0 Å². The van der Waals surface area contributed by atoms with Gasteiger partial charge in [-0.3, -0.25) is 10.1 Å². The largest absolute Gasteiger partial charge is 0.480 e. The van der Waals surface area contributed by atoms with Gasteiger partial charge in [-0.2, -0.15) is 0 Å². The van der Waals surface area contributed by atoms with E-state index in [1.807, 2.05) is 61.5 Å². The third-order valence-electron chi connectivity index (χ3n) is 3.29. The van der Waals surface area contributed by atoms with Crippen LogP contribution in [0.4, 0.5) is 0 Å². The number of hydrogen-bond donors (Lipinski definition) is 2. The van der Waals surface area contributed by atoms with Gasteiger partial charge in [-0.1, -0.05) is 42.5 Å². The van der Waals surface area contributed by atoms with Gasteiger partial charge in [0.2, 0.25) is 0 Å². The average Bonchev–Trinajstić information content (AvgIpc) is 2.42. The number of benzene rings is 2. The van der Waals surface area contributed by atoms with E-state index in [0.29, 0.717) is 6.54 Å². The third kappa shape index (κ3) is 3.35. The summed E-state index contributed by atoms with van der Waals surface area (Å²) < 4.78 is 0. The Balaban J connectivity index is 2.29. The van der Waals surface area contributed by atoms with E-state index >= 15 is 0 Å². The molecular formula is C16H20N2O2. The summed E-state index contributed by atoms with van der Waals surface area (Å²) in [6.07, 6.45) is 0. The van der Waals surface area contributed by atoms with Crippen molar-refractivity contribution in [1.82, 2.24) is 10.2 Å². The highest BCUT2D eigenvalue weighted by Crippen LogP contribution is 2.24. The van der Waals surface area contributed by atoms with Crippen LogP contribution in [0.15, 0.2) is 42.5 Å². The maximum atomic E-state index is 11.5. The van der Waals surface area contributed by atoms with Gasteiger partial charge in [0, 0.05) is 13.1 Å². The van der Waals surface area contributed by atoms with Crippen molar-refractivity contribution >= 4 is 16.7 Å². The lowest BCUT2D eigenvalue weighted by molar-refractivity contribution is -0.139. The van der Waals surface area contributed by atoms with Crippen molar-refractivity contribution < 1.29 is 9.90 Å². The maximum Gasteiger partial charge on any atom is 0.325 e. The molecule has 2 aromatic carbocycles. The molecule has 1 unspecified atom stereocenters. The number of aliphatic carboxylic acids is 1. The standard InChI is InChI=1S/C16H20N2O2/c1-18(2)11-10-17-15(16(19)20)14-9-5-7-12-6-3-4-8-13(12)14/h3-9,15,17H,10-11H2,1-2H3,(H,19,20). The lowest BCUT2D eigenvalue weighted by atomic mass is 9.99. The van der Waals surface area contributed by atoms with E-state index in [4.69, 9.17) is 0 Å². The Morgan fingerprint density at radius 2 is 1.90 bits per heavy atom. The monoisotopic (exact) mass is 272 g/mol. The van der Waals surface area contributed by atoms with Gasteiger partial charge < -0.3 is 10.0 Å². The summed E-state index contributed by atoms with van der Waals surface area (Å²) in [6.45, 7) is 1.43. The first-order chi connectivity index (χ1) is 9.59. The molecule has 0 heterocycles. The first-order valence-electron chi connectivity index (χ1n) is 6.68. The normalized spacial score (nSPS) is 12.8. The summed E-state index contributed by atoms with van der Waals surface area (Å²) in [7, 11) is 3.94. The number of carboxylic acids is 1. The number of fused-ring (bicyclic) bond motifs is 1. The van der Waals surface area contributed by atoms with Crippen molar-refractivity contribution in [2.45, 2.75) is 6.04 Å². The molecular weight excluding hydrogens is 252 g/mol. The second kappa shape index (κ2) is 6.50. The van der Waals surface area contributed by atoms with Crippen molar-refractivity contribution in [3.63, 3.8) is 0 Å². The first-order valence-corrected chi connectivity index (χ1v) is 6.68. The van der Waals surface area contributed by atoms with Crippen LogP contribution in [0.1, 0.15) is 11.6 Å². The summed E-state index contributed by atoms with van der Waals surface area (Å²) in [5.74, 6) is -0.847. The van der Waals surface area contributed by atoms with Crippen molar-refractivity contribution in [1.29, 1.82) is 0 Å². The molecule has 2 aromatic rings. The van der Waals surface area contributed by atoms with E-state index in [-0.39, 0.29) is 0 Å². The molecule has 0 saturated carbocycles. The number of rotatable bonds is 6. The number of hydrogen-bond acceptors (Lipinski definition) is 3. The molecule has 106 valence electrons. The SMILES string of the molecule is CN(C)CCNC(C(=O)O)c1cccc2ccccc12.